The fraction of sp³-hybridized carbons (Fsp3) is 0.520. The molecule has 30 heavy (non-hydrogen) atoms. The molecule has 5 nitrogen and oxygen atoms in total. The lowest BCUT2D eigenvalue weighted by molar-refractivity contribution is -0.0625. The molecule has 0 aliphatic heterocycles. The van der Waals surface area contributed by atoms with Crippen LogP contribution >= 0.6 is 0 Å². The minimum absolute atomic E-state index is 0.0307. The Morgan fingerprint density at radius 2 is 1.90 bits per heavy atom. The SMILES string of the molecule is COC1(C)CC(Nc2nnc(-c3ccc(C#CC(C)C)cc3O)c3c2CCCC3)C1. The number of benzene rings is 1. The van der Waals surface area contributed by atoms with Crippen molar-refractivity contribution in [1.82, 2.24) is 10.2 Å². The summed E-state index contributed by atoms with van der Waals surface area (Å²) in [5, 5.41) is 23.4. The molecular weight excluding hydrogens is 374 g/mol. The third kappa shape index (κ3) is 4.15. The lowest BCUT2D eigenvalue weighted by atomic mass is 9.77. The van der Waals surface area contributed by atoms with Crippen molar-refractivity contribution in [2.45, 2.75) is 70.9 Å². The number of hydrogen-bond donors (Lipinski definition) is 2. The van der Waals surface area contributed by atoms with Crippen LogP contribution in [0.2, 0.25) is 0 Å². The van der Waals surface area contributed by atoms with E-state index in [4.69, 9.17) is 4.74 Å². The smallest absolute Gasteiger partial charge is 0.152 e. The average molecular weight is 406 g/mol. The maximum absolute atomic E-state index is 10.7. The minimum atomic E-state index is -0.0307. The third-order valence-corrected chi connectivity index (χ3v) is 6.24. The number of ether oxygens (including phenoxy) is 1. The van der Waals surface area contributed by atoms with Gasteiger partial charge < -0.3 is 15.2 Å². The molecule has 0 radical (unpaired) electrons. The van der Waals surface area contributed by atoms with Gasteiger partial charge in [-0.05, 0) is 69.2 Å². The average Bonchev–Trinajstić information content (AvgIpc) is 2.71. The molecular formula is C25H31N3O2. The van der Waals surface area contributed by atoms with E-state index in [-0.39, 0.29) is 11.4 Å². The molecule has 1 heterocycles. The Bertz CT molecular complexity index is 997. The summed E-state index contributed by atoms with van der Waals surface area (Å²) in [6.07, 6.45) is 6.19. The Morgan fingerprint density at radius 3 is 2.57 bits per heavy atom. The number of rotatable bonds is 4. The fourth-order valence-electron chi connectivity index (χ4n) is 4.46. The highest BCUT2D eigenvalue weighted by Gasteiger charge is 2.41. The first-order valence-electron chi connectivity index (χ1n) is 10.9. The van der Waals surface area contributed by atoms with E-state index < -0.39 is 0 Å². The lowest BCUT2D eigenvalue weighted by Crippen LogP contribution is -2.50. The van der Waals surface area contributed by atoms with Gasteiger partial charge in [-0.2, -0.15) is 0 Å². The van der Waals surface area contributed by atoms with E-state index >= 15 is 0 Å². The van der Waals surface area contributed by atoms with E-state index in [0.717, 1.165) is 61.2 Å². The molecule has 0 atom stereocenters. The second kappa shape index (κ2) is 8.28. The van der Waals surface area contributed by atoms with Crippen molar-refractivity contribution in [1.29, 1.82) is 0 Å². The van der Waals surface area contributed by atoms with Crippen LogP contribution in [0.5, 0.6) is 5.75 Å². The minimum Gasteiger partial charge on any atom is -0.507 e. The van der Waals surface area contributed by atoms with Gasteiger partial charge in [-0.3, -0.25) is 0 Å². The summed E-state index contributed by atoms with van der Waals surface area (Å²) in [6.45, 7) is 6.25. The molecule has 1 aromatic carbocycles. The number of anilines is 1. The zero-order valence-electron chi connectivity index (χ0n) is 18.4. The van der Waals surface area contributed by atoms with E-state index in [9.17, 15) is 5.11 Å². The first-order chi connectivity index (χ1) is 14.4. The Morgan fingerprint density at radius 1 is 1.17 bits per heavy atom. The highest BCUT2D eigenvalue weighted by molar-refractivity contribution is 5.73. The van der Waals surface area contributed by atoms with Gasteiger partial charge in [-0.15, -0.1) is 10.2 Å². The number of phenolic OH excluding ortho intramolecular Hbond substituents is 1. The Hall–Kier alpha value is -2.58. The Labute approximate surface area is 179 Å². The quantitative estimate of drug-likeness (QED) is 0.721. The topological polar surface area (TPSA) is 67.3 Å². The van der Waals surface area contributed by atoms with Crippen LogP contribution in [-0.2, 0) is 17.6 Å². The number of aromatic hydroxyl groups is 1. The first kappa shape index (κ1) is 20.7. The van der Waals surface area contributed by atoms with E-state index in [1.165, 1.54) is 11.1 Å². The van der Waals surface area contributed by atoms with Crippen molar-refractivity contribution in [3.8, 4) is 28.8 Å². The van der Waals surface area contributed by atoms with Gasteiger partial charge in [-0.25, -0.2) is 0 Å². The predicted octanol–water partition coefficient (Wildman–Crippen LogP) is 4.71. The van der Waals surface area contributed by atoms with E-state index in [2.05, 4.69) is 48.1 Å². The van der Waals surface area contributed by atoms with Gasteiger partial charge in [0.05, 0.1) is 5.60 Å². The van der Waals surface area contributed by atoms with Crippen LogP contribution in [0, 0.1) is 17.8 Å². The normalized spacial score (nSPS) is 22.6. The molecule has 0 bridgehead atoms. The molecule has 1 saturated carbocycles. The second-order valence-corrected chi connectivity index (χ2v) is 9.12. The highest BCUT2D eigenvalue weighted by atomic mass is 16.5. The summed E-state index contributed by atoms with van der Waals surface area (Å²) in [4.78, 5) is 0. The predicted molar refractivity (Wildman–Crippen MR) is 120 cm³/mol. The van der Waals surface area contributed by atoms with E-state index in [0.29, 0.717) is 12.0 Å². The highest BCUT2D eigenvalue weighted by Crippen LogP contribution is 2.40. The van der Waals surface area contributed by atoms with Gasteiger partial charge in [0.15, 0.2) is 5.82 Å². The summed E-state index contributed by atoms with van der Waals surface area (Å²) in [6, 6.07) is 5.97. The molecule has 0 saturated heterocycles. The summed E-state index contributed by atoms with van der Waals surface area (Å²) >= 11 is 0. The van der Waals surface area contributed by atoms with Crippen LogP contribution in [-0.4, -0.2) is 34.1 Å². The van der Waals surface area contributed by atoms with Crippen molar-refractivity contribution in [3.05, 3.63) is 34.9 Å². The standard InChI is InChI=1S/C25H31N3O2/c1-16(2)9-10-17-11-12-21(22(29)13-17)23-19-7-5-6-8-20(19)24(28-27-23)26-18-14-25(3,15-18)30-4/h11-13,16,18,29H,5-8,14-15H2,1-4H3,(H,26,28). The number of methoxy groups -OCH3 is 1. The third-order valence-electron chi connectivity index (χ3n) is 6.24. The van der Waals surface area contributed by atoms with Crippen molar-refractivity contribution in [2.24, 2.45) is 5.92 Å². The molecule has 1 aromatic heterocycles. The number of nitrogens with zero attached hydrogens (tertiary/aromatic N) is 2. The molecule has 0 amide bonds. The number of fused-ring (bicyclic) bond motifs is 1. The molecule has 0 spiro atoms. The lowest BCUT2D eigenvalue weighted by Gasteiger charge is -2.44. The first-order valence-corrected chi connectivity index (χ1v) is 10.9. The number of phenols is 1. The molecule has 2 aliphatic carbocycles. The fourth-order valence-corrected chi connectivity index (χ4v) is 4.46. The molecule has 2 aromatic rings. The molecule has 158 valence electrons. The zero-order chi connectivity index (χ0) is 21.3. The van der Waals surface area contributed by atoms with Gasteiger partial charge in [-0.1, -0.05) is 25.7 Å². The van der Waals surface area contributed by atoms with Crippen LogP contribution in [0.1, 0.15) is 63.1 Å². The maximum Gasteiger partial charge on any atom is 0.152 e. The zero-order valence-corrected chi connectivity index (χ0v) is 18.4. The number of hydrogen-bond acceptors (Lipinski definition) is 5. The Kier molecular flexibility index (Phi) is 5.71. The molecule has 2 aliphatic rings. The van der Waals surface area contributed by atoms with Gasteiger partial charge in [0.25, 0.3) is 0 Å². The largest absolute Gasteiger partial charge is 0.507 e. The van der Waals surface area contributed by atoms with Crippen molar-refractivity contribution < 1.29 is 9.84 Å². The van der Waals surface area contributed by atoms with Crippen LogP contribution in [0.3, 0.4) is 0 Å². The Balaban J connectivity index is 1.63. The molecule has 2 N–H and O–H groups in total. The van der Waals surface area contributed by atoms with Crippen LogP contribution in [0.25, 0.3) is 11.3 Å². The van der Waals surface area contributed by atoms with E-state index in [1.807, 2.05) is 12.1 Å². The van der Waals surface area contributed by atoms with Gasteiger partial charge in [0.1, 0.15) is 11.4 Å². The van der Waals surface area contributed by atoms with Gasteiger partial charge >= 0.3 is 0 Å². The second-order valence-electron chi connectivity index (χ2n) is 9.12. The van der Waals surface area contributed by atoms with E-state index in [1.54, 1.807) is 13.2 Å². The van der Waals surface area contributed by atoms with Crippen molar-refractivity contribution in [3.63, 3.8) is 0 Å². The number of nitrogens with one attached hydrogen (secondary N) is 1. The molecule has 4 rings (SSSR count). The monoisotopic (exact) mass is 405 g/mol. The number of aromatic nitrogens is 2. The molecule has 1 fully saturated rings. The van der Waals surface area contributed by atoms with Crippen molar-refractivity contribution in [2.75, 3.05) is 12.4 Å². The van der Waals surface area contributed by atoms with Gasteiger partial charge in [0, 0.05) is 35.8 Å². The molecule has 0 unspecified atom stereocenters. The van der Waals surface area contributed by atoms with Crippen molar-refractivity contribution >= 4 is 5.82 Å². The van der Waals surface area contributed by atoms with Crippen LogP contribution < -0.4 is 5.32 Å². The summed E-state index contributed by atoms with van der Waals surface area (Å²) in [5.41, 5.74) is 4.78. The van der Waals surface area contributed by atoms with Crippen LogP contribution in [0.4, 0.5) is 5.82 Å². The summed E-state index contributed by atoms with van der Waals surface area (Å²) in [5.74, 6) is 7.66. The van der Waals surface area contributed by atoms with Crippen LogP contribution in [0.15, 0.2) is 18.2 Å². The molecule has 5 heteroatoms. The summed E-state index contributed by atoms with van der Waals surface area (Å²) < 4.78 is 5.57. The van der Waals surface area contributed by atoms with Gasteiger partial charge in [0.2, 0.25) is 0 Å². The summed E-state index contributed by atoms with van der Waals surface area (Å²) in [7, 11) is 1.78. The maximum atomic E-state index is 10.7.